The van der Waals surface area contributed by atoms with Gasteiger partial charge in [0.05, 0.1) is 15.6 Å². The number of aromatic nitrogens is 2. The highest BCUT2D eigenvalue weighted by molar-refractivity contribution is 6.36. The van der Waals surface area contributed by atoms with E-state index in [2.05, 4.69) is 15.5 Å². The molecule has 2 aromatic rings. The SMILES string of the molecule is CNC(C)Cc1noc(-c2cc(F)c(Cl)cc2Cl)n1.Cl. The van der Waals surface area contributed by atoms with Crippen molar-refractivity contribution in [2.45, 2.75) is 19.4 Å². The first-order chi connectivity index (χ1) is 9.01. The Kier molecular flexibility index (Phi) is 6.20. The van der Waals surface area contributed by atoms with Gasteiger partial charge in [0.2, 0.25) is 0 Å². The van der Waals surface area contributed by atoms with Crippen LogP contribution in [0.15, 0.2) is 16.7 Å². The van der Waals surface area contributed by atoms with Gasteiger partial charge in [-0.25, -0.2) is 4.39 Å². The fourth-order valence-electron chi connectivity index (χ4n) is 1.51. The van der Waals surface area contributed by atoms with Crippen LogP contribution >= 0.6 is 35.6 Å². The molecule has 2 rings (SSSR count). The second-order valence-electron chi connectivity index (χ2n) is 4.16. The third kappa shape index (κ3) is 3.82. The first kappa shape index (κ1) is 17.2. The van der Waals surface area contributed by atoms with Crippen molar-refractivity contribution in [2.24, 2.45) is 0 Å². The summed E-state index contributed by atoms with van der Waals surface area (Å²) in [7, 11) is 1.84. The second-order valence-corrected chi connectivity index (χ2v) is 4.97. The molecule has 0 aliphatic carbocycles. The van der Waals surface area contributed by atoms with E-state index in [1.54, 1.807) is 0 Å². The summed E-state index contributed by atoms with van der Waals surface area (Å²) in [4.78, 5) is 4.19. The predicted octanol–water partition coefficient (Wildman–Crippen LogP) is 3.75. The lowest BCUT2D eigenvalue weighted by Crippen LogP contribution is -2.24. The molecule has 0 spiro atoms. The van der Waals surface area contributed by atoms with Gasteiger partial charge in [0.1, 0.15) is 5.82 Å². The van der Waals surface area contributed by atoms with E-state index < -0.39 is 5.82 Å². The molecule has 0 amide bonds. The molecule has 4 nitrogen and oxygen atoms in total. The number of benzene rings is 1. The van der Waals surface area contributed by atoms with E-state index in [1.807, 2.05) is 14.0 Å². The van der Waals surface area contributed by atoms with Crippen molar-refractivity contribution in [3.8, 4) is 11.5 Å². The molecule has 1 aromatic carbocycles. The lowest BCUT2D eigenvalue weighted by Gasteiger charge is -2.04. The lowest BCUT2D eigenvalue weighted by molar-refractivity contribution is 0.418. The molecule has 110 valence electrons. The molecule has 0 aliphatic rings. The van der Waals surface area contributed by atoms with E-state index in [0.717, 1.165) is 0 Å². The van der Waals surface area contributed by atoms with Gasteiger partial charge < -0.3 is 9.84 Å². The Morgan fingerprint density at radius 1 is 1.35 bits per heavy atom. The third-order valence-corrected chi connectivity index (χ3v) is 3.29. The number of halogens is 4. The molecule has 1 aromatic heterocycles. The van der Waals surface area contributed by atoms with Crippen LogP contribution in [0.1, 0.15) is 12.7 Å². The largest absolute Gasteiger partial charge is 0.334 e. The van der Waals surface area contributed by atoms with E-state index in [1.165, 1.54) is 12.1 Å². The summed E-state index contributed by atoms with van der Waals surface area (Å²) in [5.41, 5.74) is 0.333. The van der Waals surface area contributed by atoms with Gasteiger partial charge in [-0.15, -0.1) is 12.4 Å². The van der Waals surface area contributed by atoms with Gasteiger partial charge in [0.15, 0.2) is 5.82 Å². The normalized spacial score (nSPS) is 12.1. The molecule has 1 N–H and O–H groups in total. The maximum atomic E-state index is 13.4. The van der Waals surface area contributed by atoms with Crippen LogP contribution in [-0.4, -0.2) is 23.2 Å². The van der Waals surface area contributed by atoms with E-state index in [0.29, 0.717) is 17.8 Å². The maximum absolute atomic E-state index is 13.4. The van der Waals surface area contributed by atoms with Crippen LogP contribution < -0.4 is 5.32 Å². The number of hydrogen-bond acceptors (Lipinski definition) is 4. The minimum atomic E-state index is -0.579. The minimum absolute atomic E-state index is 0. The minimum Gasteiger partial charge on any atom is -0.334 e. The Balaban J connectivity index is 0.00000200. The molecule has 20 heavy (non-hydrogen) atoms. The van der Waals surface area contributed by atoms with Gasteiger partial charge in [0.25, 0.3) is 5.89 Å². The van der Waals surface area contributed by atoms with Crippen molar-refractivity contribution in [3.63, 3.8) is 0 Å². The molecule has 0 saturated heterocycles. The van der Waals surface area contributed by atoms with Gasteiger partial charge in [0, 0.05) is 12.5 Å². The van der Waals surface area contributed by atoms with Crippen molar-refractivity contribution in [1.82, 2.24) is 15.5 Å². The summed E-state index contributed by atoms with van der Waals surface area (Å²) in [5.74, 6) is 0.131. The van der Waals surface area contributed by atoms with Crippen LogP contribution in [0.25, 0.3) is 11.5 Å². The van der Waals surface area contributed by atoms with E-state index in [4.69, 9.17) is 27.7 Å². The fraction of sp³-hybridized carbons (Fsp3) is 0.333. The summed E-state index contributed by atoms with van der Waals surface area (Å²) >= 11 is 11.6. The number of hydrogen-bond donors (Lipinski definition) is 1. The van der Waals surface area contributed by atoms with Crippen molar-refractivity contribution in [1.29, 1.82) is 0 Å². The van der Waals surface area contributed by atoms with Gasteiger partial charge >= 0.3 is 0 Å². The molecule has 1 atom stereocenters. The molecular formula is C12H13Cl3FN3O. The highest BCUT2D eigenvalue weighted by atomic mass is 35.5. The summed E-state index contributed by atoms with van der Waals surface area (Å²) in [5, 5.41) is 7.12. The lowest BCUT2D eigenvalue weighted by atomic mass is 10.2. The molecule has 1 unspecified atom stereocenters. The molecule has 0 aliphatic heterocycles. The van der Waals surface area contributed by atoms with E-state index in [-0.39, 0.29) is 34.4 Å². The second kappa shape index (κ2) is 7.22. The van der Waals surface area contributed by atoms with Gasteiger partial charge in [-0.2, -0.15) is 4.98 Å². The standard InChI is InChI=1S/C12H12Cl2FN3O.ClH/c1-6(16-2)3-11-17-12(19-18-11)7-4-10(15)9(14)5-8(7)13;/h4-6,16H,3H2,1-2H3;1H. The van der Waals surface area contributed by atoms with Crippen molar-refractivity contribution < 1.29 is 8.91 Å². The zero-order valence-corrected chi connectivity index (χ0v) is 13.1. The molecule has 1 heterocycles. The fourth-order valence-corrected chi connectivity index (χ4v) is 1.97. The first-order valence-electron chi connectivity index (χ1n) is 5.66. The van der Waals surface area contributed by atoms with Crippen LogP contribution in [0.2, 0.25) is 10.0 Å². The Labute approximate surface area is 132 Å². The van der Waals surface area contributed by atoms with Crippen molar-refractivity contribution >= 4 is 35.6 Å². The molecule has 0 saturated carbocycles. The summed E-state index contributed by atoms with van der Waals surface area (Å²) in [6.07, 6.45) is 0.605. The quantitative estimate of drug-likeness (QED) is 0.861. The van der Waals surface area contributed by atoms with Crippen LogP contribution in [0, 0.1) is 5.82 Å². The average molecular weight is 341 g/mol. The van der Waals surface area contributed by atoms with Crippen LogP contribution in [0.5, 0.6) is 0 Å². The van der Waals surface area contributed by atoms with E-state index >= 15 is 0 Å². The van der Waals surface area contributed by atoms with Gasteiger partial charge in [-0.3, -0.25) is 0 Å². The number of nitrogens with zero attached hydrogens (tertiary/aromatic N) is 2. The van der Waals surface area contributed by atoms with Crippen molar-refractivity contribution in [3.05, 3.63) is 33.8 Å². The summed E-state index contributed by atoms with van der Waals surface area (Å²) < 4.78 is 18.5. The Morgan fingerprint density at radius 2 is 2.05 bits per heavy atom. The molecule has 8 heteroatoms. The monoisotopic (exact) mass is 339 g/mol. The van der Waals surface area contributed by atoms with Crippen LogP contribution in [-0.2, 0) is 6.42 Å². The summed E-state index contributed by atoms with van der Waals surface area (Å²) in [6.45, 7) is 1.99. The predicted molar refractivity (Wildman–Crippen MR) is 79.2 cm³/mol. The smallest absolute Gasteiger partial charge is 0.259 e. The molecular weight excluding hydrogens is 328 g/mol. The Bertz CT molecular complexity index is 591. The molecule has 0 radical (unpaired) electrons. The Morgan fingerprint density at radius 3 is 2.70 bits per heavy atom. The van der Waals surface area contributed by atoms with Crippen LogP contribution in [0.3, 0.4) is 0 Å². The Hall–Kier alpha value is -0.880. The highest BCUT2D eigenvalue weighted by Gasteiger charge is 2.16. The zero-order chi connectivity index (χ0) is 14.0. The van der Waals surface area contributed by atoms with Gasteiger partial charge in [-0.05, 0) is 26.1 Å². The highest BCUT2D eigenvalue weighted by Crippen LogP contribution is 2.31. The van der Waals surface area contributed by atoms with Gasteiger partial charge in [-0.1, -0.05) is 28.4 Å². The number of nitrogens with one attached hydrogen (secondary N) is 1. The van der Waals surface area contributed by atoms with Crippen LogP contribution in [0.4, 0.5) is 4.39 Å². The summed E-state index contributed by atoms with van der Waals surface area (Å²) in [6, 6.07) is 2.71. The number of rotatable bonds is 4. The number of likely N-dealkylation sites (N-methyl/N-ethyl adjacent to an activating group) is 1. The first-order valence-corrected chi connectivity index (χ1v) is 6.41. The van der Waals surface area contributed by atoms with Crippen molar-refractivity contribution in [2.75, 3.05) is 7.05 Å². The molecule has 0 bridgehead atoms. The average Bonchev–Trinajstić information content (AvgIpc) is 2.82. The third-order valence-electron chi connectivity index (χ3n) is 2.69. The van der Waals surface area contributed by atoms with E-state index in [9.17, 15) is 4.39 Å². The maximum Gasteiger partial charge on any atom is 0.259 e. The molecule has 0 fully saturated rings. The topological polar surface area (TPSA) is 51.0 Å². The zero-order valence-electron chi connectivity index (χ0n) is 10.8.